The average molecular weight is 307 g/mol. The van der Waals surface area contributed by atoms with Crippen LogP contribution in [0, 0.1) is 6.92 Å². The molecule has 0 aromatic carbocycles. The Labute approximate surface area is 128 Å². The first-order valence-electron chi connectivity index (χ1n) is 7.05. The molecule has 2 aromatic rings. The van der Waals surface area contributed by atoms with E-state index in [0.29, 0.717) is 24.7 Å². The molecule has 0 aliphatic heterocycles. The number of rotatable bonds is 5. The Balaban J connectivity index is 2.21. The molecule has 0 N–H and O–H groups in total. The molecule has 0 saturated heterocycles. The van der Waals surface area contributed by atoms with E-state index >= 15 is 0 Å². The Bertz CT molecular complexity index is 631. The van der Waals surface area contributed by atoms with Crippen LogP contribution in [0.25, 0.3) is 0 Å². The van der Waals surface area contributed by atoms with Gasteiger partial charge < -0.3 is 4.90 Å². The van der Waals surface area contributed by atoms with E-state index in [4.69, 9.17) is 0 Å². The summed E-state index contributed by atoms with van der Waals surface area (Å²) < 4.78 is 5.67. The average Bonchev–Trinajstić information content (AvgIpc) is 3.04. The summed E-state index contributed by atoms with van der Waals surface area (Å²) in [4.78, 5) is 15.3. The van der Waals surface area contributed by atoms with Gasteiger partial charge in [0.05, 0.1) is 22.8 Å². The van der Waals surface area contributed by atoms with E-state index in [1.54, 1.807) is 16.6 Å². The zero-order valence-corrected chi connectivity index (χ0v) is 13.9. The van der Waals surface area contributed by atoms with Gasteiger partial charge in [-0.25, -0.2) is 0 Å². The van der Waals surface area contributed by atoms with E-state index in [0.717, 1.165) is 16.3 Å². The fourth-order valence-electron chi connectivity index (χ4n) is 2.01. The van der Waals surface area contributed by atoms with Crippen molar-refractivity contribution in [1.29, 1.82) is 0 Å². The monoisotopic (exact) mass is 307 g/mol. The molecule has 0 saturated carbocycles. The normalized spacial score (nSPS) is 11.1. The van der Waals surface area contributed by atoms with Crippen molar-refractivity contribution in [3.05, 3.63) is 28.0 Å². The fourth-order valence-corrected chi connectivity index (χ4v) is 2.70. The van der Waals surface area contributed by atoms with Crippen molar-refractivity contribution in [3.63, 3.8) is 0 Å². The molecule has 7 heteroatoms. The SMILES string of the molecule is CCn1nc(C(C)C)cc1C(=O)N(C)Cc1snnc1C. The minimum Gasteiger partial charge on any atom is -0.335 e. The second-order valence-corrected chi connectivity index (χ2v) is 6.21. The summed E-state index contributed by atoms with van der Waals surface area (Å²) in [5.41, 5.74) is 2.47. The van der Waals surface area contributed by atoms with Gasteiger partial charge in [-0.3, -0.25) is 9.48 Å². The lowest BCUT2D eigenvalue weighted by atomic mass is 10.1. The van der Waals surface area contributed by atoms with Crippen LogP contribution in [0.1, 0.15) is 53.4 Å². The highest BCUT2D eigenvalue weighted by atomic mass is 32.1. The Hall–Kier alpha value is -1.76. The van der Waals surface area contributed by atoms with Crippen LogP contribution in [-0.4, -0.2) is 37.2 Å². The fraction of sp³-hybridized carbons (Fsp3) is 0.571. The molecule has 114 valence electrons. The Morgan fingerprint density at radius 3 is 2.71 bits per heavy atom. The van der Waals surface area contributed by atoms with Crippen LogP contribution in [0.4, 0.5) is 0 Å². The van der Waals surface area contributed by atoms with Crippen molar-refractivity contribution in [2.24, 2.45) is 0 Å². The third-order valence-corrected chi connectivity index (χ3v) is 4.19. The molecule has 0 radical (unpaired) electrons. The first-order valence-corrected chi connectivity index (χ1v) is 7.82. The molecule has 0 atom stereocenters. The summed E-state index contributed by atoms with van der Waals surface area (Å²) >= 11 is 1.33. The molecule has 0 fully saturated rings. The lowest BCUT2D eigenvalue weighted by Crippen LogP contribution is -2.28. The van der Waals surface area contributed by atoms with Gasteiger partial charge >= 0.3 is 0 Å². The lowest BCUT2D eigenvalue weighted by molar-refractivity contribution is 0.0774. The number of carbonyl (C=O) groups is 1. The number of nitrogens with zero attached hydrogens (tertiary/aromatic N) is 5. The van der Waals surface area contributed by atoms with Crippen LogP contribution in [0.2, 0.25) is 0 Å². The van der Waals surface area contributed by atoms with Crippen LogP contribution in [0.15, 0.2) is 6.07 Å². The topological polar surface area (TPSA) is 63.9 Å². The van der Waals surface area contributed by atoms with E-state index in [9.17, 15) is 4.79 Å². The number of carbonyl (C=O) groups excluding carboxylic acids is 1. The second-order valence-electron chi connectivity index (χ2n) is 5.37. The van der Waals surface area contributed by atoms with Crippen LogP contribution < -0.4 is 0 Å². The first-order chi connectivity index (χ1) is 9.93. The molecule has 2 heterocycles. The molecule has 0 bridgehead atoms. The highest BCUT2D eigenvalue weighted by molar-refractivity contribution is 7.05. The number of hydrogen-bond donors (Lipinski definition) is 0. The summed E-state index contributed by atoms with van der Waals surface area (Å²) in [6.07, 6.45) is 0. The van der Waals surface area contributed by atoms with E-state index in [-0.39, 0.29) is 5.91 Å². The second kappa shape index (κ2) is 6.34. The number of hydrogen-bond acceptors (Lipinski definition) is 5. The number of aromatic nitrogens is 4. The zero-order chi connectivity index (χ0) is 15.6. The minimum atomic E-state index is -0.0240. The highest BCUT2D eigenvalue weighted by Crippen LogP contribution is 2.18. The Morgan fingerprint density at radius 2 is 2.19 bits per heavy atom. The van der Waals surface area contributed by atoms with E-state index in [1.165, 1.54) is 11.5 Å². The van der Waals surface area contributed by atoms with Crippen LogP contribution in [-0.2, 0) is 13.1 Å². The predicted octanol–water partition coefficient (Wildman–Crippen LogP) is 2.46. The molecule has 0 aliphatic rings. The van der Waals surface area contributed by atoms with Gasteiger partial charge in [0.15, 0.2) is 0 Å². The molecule has 0 spiro atoms. The summed E-state index contributed by atoms with van der Waals surface area (Å²) in [5.74, 6) is 0.284. The van der Waals surface area contributed by atoms with E-state index in [1.807, 2.05) is 19.9 Å². The van der Waals surface area contributed by atoms with Crippen LogP contribution in [0.5, 0.6) is 0 Å². The van der Waals surface area contributed by atoms with Crippen molar-refractivity contribution in [3.8, 4) is 0 Å². The molecule has 6 nitrogen and oxygen atoms in total. The largest absolute Gasteiger partial charge is 0.335 e. The van der Waals surface area contributed by atoms with Crippen molar-refractivity contribution in [2.45, 2.75) is 46.7 Å². The van der Waals surface area contributed by atoms with Crippen LogP contribution in [0.3, 0.4) is 0 Å². The maximum absolute atomic E-state index is 12.6. The Morgan fingerprint density at radius 1 is 1.48 bits per heavy atom. The zero-order valence-electron chi connectivity index (χ0n) is 13.1. The highest BCUT2D eigenvalue weighted by Gasteiger charge is 2.20. The first kappa shape index (κ1) is 15.6. The van der Waals surface area contributed by atoms with Crippen LogP contribution >= 0.6 is 11.5 Å². The van der Waals surface area contributed by atoms with Crippen molar-refractivity contribution < 1.29 is 4.79 Å². The quantitative estimate of drug-likeness (QED) is 0.851. The summed E-state index contributed by atoms with van der Waals surface area (Å²) in [6.45, 7) is 9.26. The third kappa shape index (κ3) is 3.29. The lowest BCUT2D eigenvalue weighted by Gasteiger charge is -2.16. The van der Waals surface area contributed by atoms with Gasteiger partial charge in [0.25, 0.3) is 5.91 Å². The molecule has 0 unspecified atom stereocenters. The van der Waals surface area contributed by atoms with Gasteiger partial charge in [0, 0.05) is 13.6 Å². The third-order valence-electron chi connectivity index (χ3n) is 3.38. The van der Waals surface area contributed by atoms with Crippen molar-refractivity contribution >= 4 is 17.4 Å². The van der Waals surface area contributed by atoms with Crippen molar-refractivity contribution in [2.75, 3.05) is 7.05 Å². The van der Waals surface area contributed by atoms with Crippen molar-refractivity contribution in [1.82, 2.24) is 24.3 Å². The van der Waals surface area contributed by atoms with Gasteiger partial charge in [-0.05, 0) is 37.4 Å². The van der Waals surface area contributed by atoms with Gasteiger partial charge in [0.1, 0.15) is 5.69 Å². The summed E-state index contributed by atoms with van der Waals surface area (Å²) in [5, 5.41) is 8.47. The molecule has 1 amide bonds. The summed E-state index contributed by atoms with van der Waals surface area (Å²) in [7, 11) is 1.80. The smallest absolute Gasteiger partial charge is 0.272 e. The van der Waals surface area contributed by atoms with E-state index in [2.05, 4.69) is 28.5 Å². The number of aryl methyl sites for hydroxylation is 2. The molecule has 21 heavy (non-hydrogen) atoms. The van der Waals surface area contributed by atoms with Gasteiger partial charge in [0.2, 0.25) is 0 Å². The maximum atomic E-state index is 12.6. The Kier molecular flexibility index (Phi) is 4.72. The predicted molar refractivity (Wildman–Crippen MR) is 82.4 cm³/mol. The van der Waals surface area contributed by atoms with Gasteiger partial charge in [-0.2, -0.15) is 5.10 Å². The summed E-state index contributed by atoms with van der Waals surface area (Å²) in [6, 6.07) is 1.89. The molecule has 0 aliphatic carbocycles. The molecule has 2 aromatic heterocycles. The molecule has 2 rings (SSSR count). The molecular formula is C14H21N5OS. The molecular weight excluding hydrogens is 286 g/mol. The van der Waals surface area contributed by atoms with Gasteiger partial charge in [-0.15, -0.1) is 5.10 Å². The number of amides is 1. The van der Waals surface area contributed by atoms with Gasteiger partial charge in [-0.1, -0.05) is 18.3 Å². The maximum Gasteiger partial charge on any atom is 0.272 e. The van der Waals surface area contributed by atoms with E-state index < -0.39 is 0 Å². The standard InChI is InChI=1S/C14H21N5OS/c1-6-19-12(7-11(16-19)9(2)3)14(20)18(5)8-13-10(4)15-17-21-13/h7,9H,6,8H2,1-5H3. The minimum absolute atomic E-state index is 0.0240.